The smallest absolute Gasteiger partial charge is 0.341 e. The molecular weight excluding hydrogens is 400 g/mol. The van der Waals surface area contributed by atoms with Crippen molar-refractivity contribution in [3.63, 3.8) is 0 Å². The molecular formula is C21H17F2NO6. The Morgan fingerprint density at radius 2 is 1.80 bits per heavy atom. The van der Waals surface area contributed by atoms with E-state index in [0.29, 0.717) is 27.9 Å². The number of halogens is 2. The van der Waals surface area contributed by atoms with E-state index in [1.54, 1.807) is 25.1 Å². The van der Waals surface area contributed by atoms with Crippen LogP contribution in [0.2, 0.25) is 0 Å². The highest BCUT2D eigenvalue weighted by molar-refractivity contribution is 6.05. The number of methoxy groups -OCH3 is 1. The maximum absolute atomic E-state index is 13.6. The Hall–Kier alpha value is -3.75. The first-order valence-electron chi connectivity index (χ1n) is 8.78. The van der Waals surface area contributed by atoms with E-state index < -0.39 is 36.1 Å². The molecule has 1 heterocycles. The average Bonchev–Trinajstić information content (AvgIpc) is 2.98. The van der Waals surface area contributed by atoms with Gasteiger partial charge in [-0.1, -0.05) is 0 Å². The van der Waals surface area contributed by atoms with Gasteiger partial charge in [-0.25, -0.2) is 13.6 Å². The van der Waals surface area contributed by atoms with Crippen LogP contribution in [0, 0.1) is 18.6 Å². The van der Waals surface area contributed by atoms with E-state index in [-0.39, 0.29) is 12.0 Å². The highest BCUT2D eigenvalue weighted by atomic mass is 19.2. The molecule has 0 bridgehead atoms. The van der Waals surface area contributed by atoms with Crippen molar-refractivity contribution in [3.05, 3.63) is 64.9 Å². The van der Waals surface area contributed by atoms with Gasteiger partial charge in [0, 0.05) is 16.6 Å². The van der Waals surface area contributed by atoms with Crippen molar-refractivity contribution in [2.24, 2.45) is 0 Å². The van der Waals surface area contributed by atoms with Crippen LogP contribution in [-0.2, 0) is 20.7 Å². The number of carboxylic acid groups (broad SMARTS) is 1. The van der Waals surface area contributed by atoms with Crippen LogP contribution in [0.5, 0.6) is 5.75 Å². The summed E-state index contributed by atoms with van der Waals surface area (Å²) in [6.07, 6.45) is -0.291. The Morgan fingerprint density at radius 1 is 1.07 bits per heavy atom. The van der Waals surface area contributed by atoms with E-state index in [1.165, 1.54) is 11.7 Å². The molecule has 7 nitrogen and oxygen atoms in total. The lowest BCUT2D eigenvalue weighted by Gasteiger charge is -2.08. The number of rotatable bonds is 6. The van der Waals surface area contributed by atoms with Crippen molar-refractivity contribution in [1.82, 2.24) is 4.57 Å². The van der Waals surface area contributed by atoms with Crippen LogP contribution in [0.15, 0.2) is 36.4 Å². The number of benzene rings is 2. The number of carbonyl (C=O) groups is 3. The summed E-state index contributed by atoms with van der Waals surface area (Å²) >= 11 is 0. The Balaban J connectivity index is 2.11. The maximum atomic E-state index is 13.6. The zero-order chi connectivity index (χ0) is 22.0. The van der Waals surface area contributed by atoms with Crippen LogP contribution in [0.4, 0.5) is 8.78 Å². The zero-order valence-electron chi connectivity index (χ0n) is 16.1. The predicted octanol–water partition coefficient (Wildman–Crippen LogP) is 3.10. The summed E-state index contributed by atoms with van der Waals surface area (Å²) in [4.78, 5) is 35.8. The molecule has 3 rings (SSSR count). The van der Waals surface area contributed by atoms with Crippen LogP contribution in [0.25, 0.3) is 10.9 Å². The Morgan fingerprint density at radius 3 is 2.43 bits per heavy atom. The molecule has 0 radical (unpaired) electrons. The van der Waals surface area contributed by atoms with Crippen molar-refractivity contribution >= 4 is 28.7 Å². The minimum atomic E-state index is -1.29. The van der Waals surface area contributed by atoms with Gasteiger partial charge in [-0.15, -0.1) is 0 Å². The number of aliphatic carboxylic acids is 1. The average molecular weight is 417 g/mol. The second-order valence-electron chi connectivity index (χ2n) is 6.45. The lowest BCUT2D eigenvalue weighted by molar-refractivity contribution is -0.154. The number of hydrogen-bond acceptors (Lipinski definition) is 5. The first-order chi connectivity index (χ1) is 14.2. The van der Waals surface area contributed by atoms with Crippen LogP contribution in [0.3, 0.4) is 0 Å². The van der Waals surface area contributed by atoms with E-state index in [4.69, 9.17) is 14.6 Å². The number of carbonyl (C=O) groups excluding carboxylic acids is 2. The van der Waals surface area contributed by atoms with Crippen LogP contribution < -0.4 is 4.74 Å². The molecule has 0 aliphatic rings. The fourth-order valence-corrected chi connectivity index (χ4v) is 3.17. The summed E-state index contributed by atoms with van der Waals surface area (Å²) in [5.41, 5.74) is 1.14. The Bertz CT molecular complexity index is 1170. The summed E-state index contributed by atoms with van der Waals surface area (Å²) in [5.74, 6) is -4.46. The molecule has 1 N–H and O–H groups in total. The molecule has 0 saturated heterocycles. The van der Waals surface area contributed by atoms with E-state index >= 15 is 0 Å². The molecule has 0 aliphatic carbocycles. The summed E-state index contributed by atoms with van der Waals surface area (Å²) in [6.45, 7) is 0.803. The van der Waals surface area contributed by atoms with Gasteiger partial charge >= 0.3 is 11.9 Å². The standard InChI is InChI=1S/C21H17F2NO6/c1-11-14(9-20(27)30-10-19(25)26)15-8-13(29-2)4-6-18(15)24(11)21(28)12-3-5-16(22)17(23)7-12/h3-8H,9-10H2,1-2H3,(H,25,26). The SMILES string of the molecule is COc1ccc2c(c1)c(CC(=O)OCC(=O)O)c(C)n2C(=O)c1ccc(F)c(F)c1. The molecule has 0 spiro atoms. The maximum Gasteiger partial charge on any atom is 0.341 e. The highest BCUT2D eigenvalue weighted by Gasteiger charge is 2.23. The third-order valence-electron chi connectivity index (χ3n) is 4.59. The van der Waals surface area contributed by atoms with Crippen molar-refractivity contribution in [3.8, 4) is 5.75 Å². The van der Waals surface area contributed by atoms with Gasteiger partial charge in [0.05, 0.1) is 19.0 Å². The number of ether oxygens (including phenoxy) is 2. The topological polar surface area (TPSA) is 94.8 Å². The minimum Gasteiger partial charge on any atom is -0.497 e. The van der Waals surface area contributed by atoms with Gasteiger partial charge in [-0.2, -0.15) is 0 Å². The predicted molar refractivity (Wildman–Crippen MR) is 102 cm³/mol. The molecule has 2 aromatic carbocycles. The van der Waals surface area contributed by atoms with Gasteiger partial charge in [0.15, 0.2) is 18.2 Å². The molecule has 1 aromatic heterocycles. The summed E-state index contributed by atoms with van der Waals surface area (Å²) in [5, 5.41) is 9.18. The molecule has 0 saturated carbocycles. The quantitative estimate of drug-likeness (QED) is 0.620. The van der Waals surface area contributed by atoms with Crippen LogP contribution in [-0.4, -0.2) is 41.2 Å². The molecule has 0 amide bonds. The Kier molecular flexibility index (Phi) is 5.81. The number of aromatic nitrogens is 1. The van der Waals surface area contributed by atoms with Crippen molar-refractivity contribution < 1.29 is 37.7 Å². The molecule has 0 unspecified atom stereocenters. The minimum absolute atomic E-state index is 0.0790. The molecule has 0 aliphatic heterocycles. The number of esters is 1. The van der Waals surface area contributed by atoms with Crippen molar-refractivity contribution in [2.45, 2.75) is 13.3 Å². The molecule has 0 fully saturated rings. The monoisotopic (exact) mass is 417 g/mol. The fourth-order valence-electron chi connectivity index (χ4n) is 3.17. The van der Waals surface area contributed by atoms with Crippen molar-refractivity contribution in [2.75, 3.05) is 13.7 Å². The number of carboxylic acids is 1. The second-order valence-corrected chi connectivity index (χ2v) is 6.45. The molecule has 3 aromatic rings. The van der Waals surface area contributed by atoms with Gasteiger partial charge in [-0.05, 0) is 48.9 Å². The van der Waals surface area contributed by atoms with Gasteiger partial charge < -0.3 is 14.6 Å². The normalized spacial score (nSPS) is 10.8. The molecule has 156 valence electrons. The summed E-state index contributed by atoms with van der Waals surface area (Å²) in [7, 11) is 1.46. The zero-order valence-corrected chi connectivity index (χ0v) is 16.1. The fraction of sp³-hybridized carbons (Fsp3) is 0.190. The van der Waals surface area contributed by atoms with E-state index in [0.717, 1.165) is 18.2 Å². The number of fused-ring (bicyclic) bond motifs is 1. The number of nitrogens with zero attached hydrogens (tertiary/aromatic N) is 1. The highest BCUT2D eigenvalue weighted by Crippen LogP contribution is 2.31. The second kappa shape index (κ2) is 8.32. The molecule has 30 heavy (non-hydrogen) atoms. The van der Waals surface area contributed by atoms with E-state index in [2.05, 4.69) is 0 Å². The largest absolute Gasteiger partial charge is 0.497 e. The number of hydrogen-bond donors (Lipinski definition) is 1. The Labute approximate surface area is 169 Å². The summed E-state index contributed by atoms with van der Waals surface area (Å²) < 4.78 is 38.1. The molecule has 9 heteroatoms. The van der Waals surface area contributed by atoms with Gasteiger partial charge in [0.2, 0.25) is 0 Å². The van der Waals surface area contributed by atoms with Gasteiger partial charge in [-0.3, -0.25) is 14.2 Å². The van der Waals surface area contributed by atoms with Gasteiger partial charge in [0.1, 0.15) is 5.75 Å². The van der Waals surface area contributed by atoms with Crippen LogP contribution >= 0.6 is 0 Å². The third-order valence-corrected chi connectivity index (χ3v) is 4.59. The first-order valence-corrected chi connectivity index (χ1v) is 8.78. The van der Waals surface area contributed by atoms with E-state index in [9.17, 15) is 23.2 Å². The van der Waals surface area contributed by atoms with E-state index in [1.807, 2.05) is 0 Å². The van der Waals surface area contributed by atoms with Gasteiger partial charge in [0.25, 0.3) is 5.91 Å². The third kappa shape index (κ3) is 4.00. The van der Waals surface area contributed by atoms with Crippen molar-refractivity contribution in [1.29, 1.82) is 0 Å². The first kappa shape index (κ1) is 21.0. The summed E-state index contributed by atoms with van der Waals surface area (Å²) in [6, 6.07) is 7.66. The lowest BCUT2D eigenvalue weighted by atomic mass is 10.1. The van der Waals surface area contributed by atoms with Crippen LogP contribution in [0.1, 0.15) is 21.6 Å². The molecule has 0 atom stereocenters. The lowest BCUT2D eigenvalue weighted by Crippen LogP contribution is -2.16.